The van der Waals surface area contributed by atoms with Crippen LogP contribution in [0.3, 0.4) is 0 Å². The molecule has 1 saturated heterocycles. The molecular formula is C13H26N2O. The number of rotatable bonds is 7. The summed E-state index contributed by atoms with van der Waals surface area (Å²) in [5.74, 6) is 1.09. The second-order valence-corrected chi connectivity index (χ2v) is 4.78. The van der Waals surface area contributed by atoms with Gasteiger partial charge >= 0.3 is 0 Å². The summed E-state index contributed by atoms with van der Waals surface area (Å²) in [5.41, 5.74) is 0. The number of hydrogen-bond donors (Lipinski definition) is 1. The predicted octanol–water partition coefficient (Wildman–Crippen LogP) is 2.02. The molecule has 1 aliphatic rings. The van der Waals surface area contributed by atoms with E-state index in [0.29, 0.717) is 5.91 Å². The van der Waals surface area contributed by atoms with Gasteiger partial charge in [-0.1, -0.05) is 13.8 Å². The van der Waals surface area contributed by atoms with Gasteiger partial charge in [0.2, 0.25) is 5.91 Å². The van der Waals surface area contributed by atoms with Gasteiger partial charge in [-0.3, -0.25) is 4.79 Å². The van der Waals surface area contributed by atoms with E-state index in [1.807, 2.05) is 4.90 Å². The minimum Gasteiger partial charge on any atom is -0.343 e. The van der Waals surface area contributed by atoms with Gasteiger partial charge in [0.05, 0.1) is 0 Å². The third-order valence-corrected chi connectivity index (χ3v) is 3.27. The average molecular weight is 226 g/mol. The molecule has 0 radical (unpaired) electrons. The first-order chi connectivity index (χ1) is 7.77. The Balaban J connectivity index is 2.24. The van der Waals surface area contributed by atoms with Crippen LogP contribution in [0.1, 0.15) is 46.0 Å². The number of nitrogens with zero attached hydrogens (tertiary/aromatic N) is 1. The van der Waals surface area contributed by atoms with Crippen LogP contribution in [0.15, 0.2) is 0 Å². The summed E-state index contributed by atoms with van der Waals surface area (Å²) >= 11 is 0. The van der Waals surface area contributed by atoms with Crippen LogP contribution in [-0.4, -0.2) is 37.0 Å². The summed E-state index contributed by atoms with van der Waals surface area (Å²) in [6, 6.07) is 0. The minimum atomic E-state index is 0.357. The maximum absolute atomic E-state index is 12.0. The molecule has 1 N–H and O–H groups in total. The van der Waals surface area contributed by atoms with Crippen molar-refractivity contribution in [2.45, 2.75) is 46.0 Å². The molecule has 0 aromatic rings. The van der Waals surface area contributed by atoms with Crippen LogP contribution < -0.4 is 5.32 Å². The zero-order valence-corrected chi connectivity index (χ0v) is 10.8. The second-order valence-electron chi connectivity index (χ2n) is 4.78. The lowest BCUT2D eigenvalue weighted by Crippen LogP contribution is -2.32. The zero-order chi connectivity index (χ0) is 11.8. The number of amides is 1. The Morgan fingerprint density at radius 1 is 1.31 bits per heavy atom. The lowest BCUT2D eigenvalue weighted by atomic mass is 10.0. The van der Waals surface area contributed by atoms with Crippen molar-refractivity contribution >= 4 is 5.91 Å². The molecule has 1 aliphatic heterocycles. The molecule has 3 nitrogen and oxygen atoms in total. The van der Waals surface area contributed by atoms with E-state index in [9.17, 15) is 4.79 Å². The van der Waals surface area contributed by atoms with Gasteiger partial charge in [0.1, 0.15) is 0 Å². The maximum atomic E-state index is 12.0. The van der Waals surface area contributed by atoms with E-state index in [1.54, 1.807) is 0 Å². The molecule has 1 atom stereocenters. The molecule has 94 valence electrons. The van der Waals surface area contributed by atoms with E-state index in [4.69, 9.17) is 0 Å². The lowest BCUT2D eigenvalue weighted by molar-refractivity contribution is -0.131. The van der Waals surface area contributed by atoms with Gasteiger partial charge in [0.25, 0.3) is 0 Å². The van der Waals surface area contributed by atoms with Gasteiger partial charge in [-0.15, -0.1) is 0 Å². The Hall–Kier alpha value is -0.570. The lowest BCUT2D eigenvalue weighted by Gasteiger charge is -2.22. The normalized spacial score (nSPS) is 20.0. The molecule has 1 fully saturated rings. The molecule has 0 bridgehead atoms. The fraction of sp³-hybridized carbons (Fsp3) is 0.923. The first kappa shape index (κ1) is 13.5. The summed E-state index contributed by atoms with van der Waals surface area (Å²) in [5, 5.41) is 3.35. The van der Waals surface area contributed by atoms with Crippen molar-refractivity contribution in [2.24, 2.45) is 5.92 Å². The highest BCUT2D eigenvalue weighted by atomic mass is 16.2. The third-order valence-electron chi connectivity index (χ3n) is 3.27. The van der Waals surface area contributed by atoms with Crippen LogP contribution >= 0.6 is 0 Å². The van der Waals surface area contributed by atoms with Crippen LogP contribution in [0.2, 0.25) is 0 Å². The Morgan fingerprint density at radius 2 is 2.00 bits per heavy atom. The monoisotopic (exact) mass is 226 g/mol. The van der Waals surface area contributed by atoms with Gasteiger partial charge in [-0.25, -0.2) is 0 Å². The number of carbonyl (C=O) groups is 1. The van der Waals surface area contributed by atoms with Crippen molar-refractivity contribution in [3.63, 3.8) is 0 Å². The van der Waals surface area contributed by atoms with E-state index >= 15 is 0 Å². The highest BCUT2D eigenvalue weighted by Gasteiger charge is 2.17. The van der Waals surface area contributed by atoms with Gasteiger partial charge < -0.3 is 10.2 Å². The predicted molar refractivity (Wildman–Crippen MR) is 67.4 cm³/mol. The van der Waals surface area contributed by atoms with Crippen molar-refractivity contribution in [2.75, 3.05) is 26.2 Å². The van der Waals surface area contributed by atoms with E-state index in [-0.39, 0.29) is 0 Å². The molecule has 1 rings (SSSR count). The Kier molecular flexibility index (Phi) is 6.46. The first-order valence-electron chi connectivity index (χ1n) is 6.76. The van der Waals surface area contributed by atoms with E-state index in [0.717, 1.165) is 57.8 Å². The molecule has 3 heteroatoms. The van der Waals surface area contributed by atoms with E-state index in [2.05, 4.69) is 19.2 Å². The molecule has 16 heavy (non-hydrogen) atoms. The second kappa shape index (κ2) is 7.66. The van der Waals surface area contributed by atoms with E-state index < -0.39 is 0 Å². The van der Waals surface area contributed by atoms with Gasteiger partial charge in [0.15, 0.2) is 0 Å². The summed E-state index contributed by atoms with van der Waals surface area (Å²) in [6.45, 7) is 8.36. The summed E-state index contributed by atoms with van der Waals surface area (Å²) < 4.78 is 0. The number of nitrogens with one attached hydrogen (secondary N) is 1. The molecule has 0 saturated carbocycles. The van der Waals surface area contributed by atoms with Gasteiger partial charge in [-0.2, -0.15) is 0 Å². The Bertz CT molecular complexity index is 194. The van der Waals surface area contributed by atoms with Crippen molar-refractivity contribution < 1.29 is 4.79 Å². The van der Waals surface area contributed by atoms with Crippen molar-refractivity contribution in [1.82, 2.24) is 10.2 Å². The quantitative estimate of drug-likeness (QED) is 0.720. The summed E-state index contributed by atoms with van der Waals surface area (Å²) in [4.78, 5) is 14.0. The Labute approximate surface area is 99.6 Å². The topological polar surface area (TPSA) is 32.3 Å². The zero-order valence-electron chi connectivity index (χ0n) is 10.8. The molecular weight excluding hydrogens is 200 g/mol. The largest absolute Gasteiger partial charge is 0.343 e. The van der Waals surface area contributed by atoms with Crippen LogP contribution in [0.4, 0.5) is 0 Å². The highest BCUT2D eigenvalue weighted by molar-refractivity contribution is 5.76. The minimum absolute atomic E-state index is 0.357. The van der Waals surface area contributed by atoms with Gasteiger partial charge in [0, 0.05) is 19.5 Å². The maximum Gasteiger partial charge on any atom is 0.222 e. The van der Waals surface area contributed by atoms with Crippen LogP contribution in [-0.2, 0) is 4.79 Å². The number of carbonyl (C=O) groups excluding carboxylic acids is 1. The smallest absolute Gasteiger partial charge is 0.222 e. The molecule has 0 spiro atoms. The van der Waals surface area contributed by atoms with Crippen LogP contribution in [0.25, 0.3) is 0 Å². The first-order valence-corrected chi connectivity index (χ1v) is 6.76. The van der Waals surface area contributed by atoms with Crippen molar-refractivity contribution in [3.8, 4) is 0 Å². The fourth-order valence-electron chi connectivity index (χ4n) is 2.35. The molecule has 1 amide bonds. The van der Waals surface area contributed by atoms with Crippen LogP contribution in [0, 0.1) is 5.92 Å². The van der Waals surface area contributed by atoms with Gasteiger partial charge in [-0.05, 0) is 44.7 Å². The van der Waals surface area contributed by atoms with E-state index in [1.165, 1.54) is 6.42 Å². The van der Waals surface area contributed by atoms with Crippen LogP contribution in [0.5, 0.6) is 0 Å². The van der Waals surface area contributed by atoms with Crippen molar-refractivity contribution in [3.05, 3.63) is 0 Å². The third kappa shape index (κ3) is 4.52. The Morgan fingerprint density at radius 3 is 2.50 bits per heavy atom. The molecule has 1 unspecified atom stereocenters. The molecule has 0 aromatic carbocycles. The molecule has 0 aromatic heterocycles. The SMILES string of the molecule is CCCN(CCC)C(=O)CCC1CCNC1. The highest BCUT2D eigenvalue weighted by Crippen LogP contribution is 2.15. The molecule has 1 heterocycles. The molecule has 0 aliphatic carbocycles. The standard InChI is InChI=1S/C13H26N2O/c1-3-9-15(10-4-2)13(16)6-5-12-7-8-14-11-12/h12,14H,3-11H2,1-2H3. The summed E-state index contributed by atoms with van der Waals surface area (Å²) in [7, 11) is 0. The number of hydrogen-bond acceptors (Lipinski definition) is 2. The average Bonchev–Trinajstić information content (AvgIpc) is 2.78. The van der Waals surface area contributed by atoms with Crippen molar-refractivity contribution in [1.29, 1.82) is 0 Å². The summed E-state index contributed by atoms with van der Waals surface area (Å²) in [6.07, 6.45) is 5.18. The fourth-order valence-corrected chi connectivity index (χ4v) is 2.35.